The van der Waals surface area contributed by atoms with Gasteiger partial charge in [-0.2, -0.15) is 0 Å². The fourth-order valence-corrected chi connectivity index (χ4v) is 1.74. The number of unbranched alkanes of at least 4 members (excludes halogenated alkanes) is 2. The number of benzene rings is 1. The van der Waals surface area contributed by atoms with E-state index in [9.17, 15) is 4.79 Å². The molecule has 2 N–H and O–H groups in total. The zero-order valence-corrected chi connectivity index (χ0v) is 11.1. The highest BCUT2D eigenvalue weighted by Crippen LogP contribution is 2.12. The molecule has 2 aromatic rings. The van der Waals surface area contributed by atoms with E-state index >= 15 is 0 Å². The minimum atomic E-state index is -0.682. The van der Waals surface area contributed by atoms with Crippen LogP contribution in [0.5, 0.6) is 0 Å². The first-order chi connectivity index (χ1) is 8.63. The van der Waals surface area contributed by atoms with Crippen LogP contribution in [0.25, 0.3) is 10.9 Å². The van der Waals surface area contributed by atoms with Crippen molar-refractivity contribution in [1.29, 1.82) is 0 Å². The summed E-state index contributed by atoms with van der Waals surface area (Å²) < 4.78 is 0. The monoisotopic (exact) mass is 247 g/mol. The zero-order chi connectivity index (χ0) is 13.4. The van der Waals surface area contributed by atoms with E-state index in [2.05, 4.69) is 43.1 Å². The molecule has 1 heterocycles. The number of H-pyrrole nitrogens is 1. The molecule has 1 aromatic carbocycles. The summed E-state index contributed by atoms with van der Waals surface area (Å²) >= 11 is 0. The molecule has 0 aliphatic rings. The van der Waals surface area contributed by atoms with Gasteiger partial charge in [-0.15, -0.1) is 0 Å². The van der Waals surface area contributed by atoms with Crippen molar-refractivity contribution in [2.75, 3.05) is 0 Å². The molecule has 0 saturated heterocycles. The van der Waals surface area contributed by atoms with Gasteiger partial charge in [0.1, 0.15) is 0 Å². The van der Waals surface area contributed by atoms with E-state index in [0.29, 0.717) is 6.42 Å². The van der Waals surface area contributed by atoms with E-state index < -0.39 is 5.97 Å². The highest BCUT2D eigenvalue weighted by Gasteiger charge is 1.93. The Kier molecular flexibility index (Phi) is 5.98. The average molecular weight is 247 g/mol. The molecule has 0 aliphatic heterocycles. The lowest BCUT2D eigenvalue weighted by molar-refractivity contribution is -0.137. The van der Waals surface area contributed by atoms with Gasteiger partial charge in [0, 0.05) is 17.6 Å². The molecular formula is C15H21NO2. The smallest absolute Gasteiger partial charge is 0.303 e. The number of aromatic nitrogens is 1. The number of nitrogens with one attached hydrogen (secondary N) is 1. The number of para-hydroxylation sites is 1. The Morgan fingerprint density at radius 3 is 2.61 bits per heavy atom. The summed E-state index contributed by atoms with van der Waals surface area (Å²) in [5, 5.41) is 9.43. The third kappa shape index (κ3) is 5.04. The molecule has 0 amide bonds. The van der Waals surface area contributed by atoms with Crippen LogP contribution in [0.2, 0.25) is 0 Å². The van der Waals surface area contributed by atoms with Crippen LogP contribution >= 0.6 is 0 Å². The highest BCUT2D eigenvalue weighted by atomic mass is 16.4. The Balaban J connectivity index is 0.000000187. The maximum absolute atomic E-state index is 9.87. The predicted molar refractivity (Wildman–Crippen MR) is 74.8 cm³/mol. The number of rotatable bonds is 4. The first-order valence-corrected chi connectivity index (χ1v) is 6.39. The summed E-state index contributed by atoms with van der Waals surface area (Å²) in [5.74, 6) is -0.682. The first kappa shape index (κ1) is 14.3. The second-order valence-electron chi connectivity index (χ2n) is 4.39. The van der Waals surface area contributed by atoms with Crippen LogP contribution in [-0.4, -0.2) is 16.1 Å². The van der Waals surface area contributed by atoms with E-state index in [0.717, 1.165) is 19.3 Å². The van der Waals surface area contributed by atoms with Crippen molar-refractivity contribution < 1.29 is 9.90 Å². The molecule has 18 heavy (non-hydrogen) atoms. The molecule has 3 nitrogen and oxygen atoms in total. The standard InChI is InChI=1S/C9H9N.C6H12O2/c1-7-6-8-4-2-3-5-9(8)10-7;1-2-3-4-5-6(7)8/h2-6,10H,1H3;2-5H2,1H3,(H,7,8). The third-order valence-corrected chi connectivity index (χ3v) is 2.66. The van der Waals surface area contributed by atoms with Gasteiger partial charge in [-0.25, -0.2) is 0 Å². The van der Waals surface area contributed by atoms with Crippen LogP contribution in [0.4, 0.5) is 0 Å². The van der Waals surface area contributed by atoms with E-state index in [1.807, 2.05) is 6.07 Å². The fraction of sp³-hybridized carbons (Fsp3) is 0.400. The summed E-state index contributed by atoms with van der Waals surface area (Å²) in [6.07, 6.45) is 3.28. The minimum Gasteiger partial charge on any atom is -0.481 e. The number of hydrogen-bond donors (Lipinski definition) is 2. The SMILES string of the molecule is CCCCCC(=O)O.Cc1cc2ccccc2[nH]1. The number of carbonyl (C=O) groups is 1. The van der Waals surface area contributed by atoms with Crippen molar-refractivity contribution >= 4 is 16.9 Å². The molecule has 98 valence electrons. The Morgan fingerprint density at radius 2 is 2.00 bits per heavy atom. The van der Waals surface area contributed by atoms with Crippen LogP contribution in [0.1, 0.15) is 38.3 Å². The Morgan fingerprint density at radius 1 is 1.28 bits per heavy atom. The minimum absolute atomic E-state index is 0.327. The lowest BCUT2D eigenvalue weighted by atomic mass is 10.2. The number of fused-ring (bicyclic) bond motifs is 1. The number of hydrogen-bond acceptors (Lipinski definition) is 1. The molecule has 3 heteroatoms. The van der Waals surface area contributed by atoms with Crippen molar-refractivity contribution in [2.45, 2.75) is 39.5 Å². The normalized spacial score (nSPS) is 9.89. The van der Waals surface area contributed by atoms with Crippen molar-refractivity contribution in [2.24, 2.45) is 0 Å². The number of carboxylic acids is 1. The predicted octanol–water partition coefficient (Wildman–Crippen LogP) is 4.13. The topological polar surface area (TPSA) is 53.1 Å². The summed E-state index contributed by atoms with van der Waals surface area (Å²) in [6, 6.07) is 10.4. The molecular weight excluding hydrogens is 226 g/mol. The van der Waals surface area contributed by atoms with E-state index in [1.165, 1.54) is 16.6 Å². The second kappa shape index (κ2) is 7.54. The van der Waals surface area contributed by atoms with Gasteiger partial charge in [-0.05, 0) is 30.9 Å². The summed E-state index contributed by atoms with van der Waals surface area (Å²) in [6.45, 7) is 4.13. The van der Waals surface area contributed by atoms with Gasteiger partial charge in [0.05, 0.1) is 0 Å². The van der Waals surface area contributed by atoms with Gasteiger partial charge in [-0.1, -0.05) is 38.0 Å². The first-order valence-electron chi connectivity index (χ1n) is 6.39. The number of aliphatic carboxylic acids is 1. The molecule has 1 aromatic heterocycles. The van der Waals surface area contributed by atoms with Gasteiger partial charge in [-0.3, -0.25) is 4.79 Å². The van der Waals surface area contributed by atoms with E-state index in [-0.39, 0.29) is 0 Å². The van der Waals surface area contributed by atoms with Crippen LogP contribution in [0.15, 0.2) is 30.3 Å². The second-order valence-corrected chi connectivity index (χ2v) is 4.39. The molecule has 0 aliphatic carbocycles. The largest absolute Gasteiger partial charge is 0.481 e. The van der Waals surface area contributed by atoms with Crippen molar-refractivity contribution in [1.82, 2.24) is 4.98 Å². The van der Waals surface area contributed by atoms with Gasteiger partial charge in [0.2, 0.25) is 0 Å². The van der Waals surface area contributed by atoms with Crippen molar-refractivity contribution in [3.63, 3.8) is 0 Å². The maximum atomic E-state index is 9.87. The molecule has 0 unspecified atom stereocenters. The number of aryl methyl sites for hydroxylation is 1. The number of aromatic amines is 1. The Labute approximate surface area is 108 Å². The number of carboxylic acid groups (broad SMARTS) is 1. The molecule has 0 saturated carbocycles. The van der Waals surface area contributed by atoms with Crippen LogP contribution in [-0.2, 0) is 4.79 Å². The molecule has 0 atom stereocenters. The Bertz CT molecular complexity index is 455. The van der Waals surface area contributed by atoms with Gasteiger partial charge in [0.25, 0.3) is 0 Å². The van der Waals surface area contributed by atoms with Crippen molar-refractivity contribution in [3.05, 3.63) is 36.0 Å². The lowest BCUT2D eigenvalue weighted by Crippen LogP contribution is -1.92. The summed E-state index contributed by atoms with van der Waals surface area (Å²) in [5.41, 5.74) is 2.45. The molecule has 0 bridgehead atoms. The van der Waals surface area contributed by atoms with Gasteiger partial charge < -0.3 is 10.1 Å². The van der Waals surface area contributed by atoms with Crippen LogP contribution in [0.3, 0.4) is 0 Å². The Hall–Kier alpha value is -1.77. The summed E-state index contributed by atoms with van der Waals surface area (Å²) in [4.78, 5) is 13.1. The molecule has 2 rings (SSSR count). The maximum Gasteiger partial charge on any atom is 0.303 e. The van der Waals surface area contributed by atoms with Crippen LogP contribution in [0, 0.1) is 6.92 Å². The van der Waals surface area contributed by atoms with E-state index in [1.54, 1.807) is 0 Å². The molecule has 0 spiro atoms. The van der Waals surface area contributed by atoms with Crippen LogP contribution < -0.4 is 0 Å². The third-order valence-electron chi connectivity index (χ3n) is 2.66. The van der Waals surface area contributed by atoms with E-state index in [4.69, 9.17) is 5.11 Å². The lowest BCUT2D eigenvalue weighted by Gasteiger charge is -1.89. The zero-order valence-electron chi connectivity index (χ0n) is 11.1. The summed E-state index contributed by atoms with van der Waals surface area (Å²) in [7, 11) is 0. The molecule has 0 fully saturated rings. The molecule has 0 radical (unpaired) electrons. The van der Waals surface area contributed by atoms with Crippen molar-refractivity contribution in [3.8, 4) is 0 Å². The van der Waals surface area contributed by atoms with Gasteiger partial charge in [0.15, 0.2) is 0 Å². The fourth-order valence-electron chi connectivity index (χ4n) is 1.74. The average Bonchev–Trinajstić information content (AvgIpc) is 2.70. The van der Waals surface area contributed by atoms with Gasteiger partial charge >= 0.3 is 5.97 Å². The quantitative estimate of drug-likeness (QED) is 0.798. The highest BCUT2D eigenvalue weighted by molar-refractivity contribution is 5.79.